The third-order valence-corrected chi connectivity index (χ3v) is 5.02. The zero-order valence-corrected chi connectivity index (χ0v) is 15.5. The largest absolute Gasteiger partial charge is 0.496 e. The molecule has 0 unspecified atom stereocenters. The summed E-state index contributed by atoms with van der Waals surface area (Å²) in [5.74, 6) is 1.08. The fourth-order valence-electron chi connectivity index (χ4n) is 3.32. The predicted molar refractivity (Wildman–Crippen MR) is 98.2 cm³/mol. The molecule has 0 saturated heterocycles. The minimum absolute atomic E-state index is 0.001000. The van der Waals surface area contributed by atoms with E-state index >= 15 is 0 Å². The normalized spacial score (nSPS) is 15.2. The molecular formula is C20H27N3O2. The van der Waals surface area contributed by atoms with E-state index in [1.807, 2.05) is 36.0 Å². The number of carbonyl (C=O) groups excluding carboxylic acids is 1. The van der Waals surface area contributed by atoms with Crippen LogP contribution in [0.1, 0.15) is 61.1 Å². The van der Waals surface area contributed by atoms with Crippen molar-refractivity contribution in [2.75, 3.05) is 13.7 Å². The molecular weight excluding hydrogens is 314 g/mol. The van der Waals surface area contributed by atoms with Crippen molar-refractivity contribution in [2.24, 2.45) is 0 Å². The minimum atomic E-state index is -0.0374. The molecule has 25 heavy (non-hydrogen) atoms. The van der Waals surface area contributed by atoms with Crippen LogP contribution in [0.5, 0.6) is 5.75 Å². The van der Waals surface area contributed by atoms with Gasteiger partial charge in [0.15, 0.2) is 0 Å². The third-order valence-electron chi connectivity index (χ3n) is 5.02. The van der Waals surface area contributed by atoms with Crippen molar-refractivity contribution in [1.82, 2.24) is 15.1 Å². The minimum Gasteiger partial charge on any atom is -0.496 e. The van der Waals surface area contributed by atoms with Crippen molar-refractivity contribution in [1.29, 1.82) is 0 Å². The maximum absolute atomic E-state index is 12.8. The van der Waals surface area contributed by atoms with Crippen LogP contribution in [0.3, 0.4) is 0 Å². The Hall–Kier alpha value is -2.30. The van der Waals surface area contributed by atoms with Crippen molar-refractivity contribution < 1.29 is 9.53 Å². The van der Waals surface area contributed by atoms with Crippen molar-refractivity contribution in [3.63, 3.8) is 0 Å². The zero-order chi connectivity index (χ0) is 18.0. The highest BCUT2D eigenvalue weighted by molar-refractivity contribution is 5.95. The number of para-hydroxylation sites is 1. The first-order valence-electron chi connectivity index (χ1n) is 9.00. The number of ether oxygens (including phenoxy) is 1. The maximum atomic E-state index is 12.8. The van der Waals surface area contributed by atoms with E-state index in [1.54, 1.807) is 7.11 Å². The second-order valence-electron chi connectivity index (χ2n) is 7.10. The van der Waals surface area contributed by atoms with Crippen molar-refractivity contribution >= 4 is 5.91 Å². The van der Waals surface area contributed by atoms with E-state index in [0.717, 1.165) is 30.8 Å². The summed E-state index contributed by atoms with van der Waals surface area (Å²) in [7, 11) is 1.70. The number of aromatic nitrogens is 2. The van der Waals surface area contributed by atoms with Gasteiger partial charge in [-0.2, -0.15) is 5.10 Å². The molecule has 1 heterocycles. The van der Waals surface area contributed by atoms with Gasteiger partial charge in [0.2, 0.25) is 0 Å². The molecule has 0 radical (unpaired) electrons. The maximum Gasteiger partial charge on any atom is 0.254 e. The van der Waals surface area contributed by atoms with Gasteiger partial charge in [-0.25, -0.2) is 0 Å². The van der Waals surface area contributed by atoms with Gasteiger partial charge in [-0.1, -0.05) is 32.0 Å². The number of rotatable bonds is 7. The Balaban J connectivity index is 1.76. The van der Waals surface area contributed by atoms with Gasteiger partial charge in [0, 0.05) is 30.3 Å². The number of amides is 1. The zero-order valence-electron chi connectivity index (χ0n) is 15.5. The number of hydrogen-bond donors (Lipinski definition) is 1. The number of carbonyl (C=O) groups is 1. The molecule has 1 aliphatic rings. The lowest BCUT2D eigenvalue weighted by molar-refractivity contribution is 0.0948. The standard InChI is InChI=1S/C20H27N3O2/c1-5-23-12-15(18(22-23)14(2)3)19(24)21-13-20(10-11-20)16-8-6-7-9-17(16)25-4/h6-9,12,14H,5,10-11,13H2,1-4H3,(H,21,24). The predicted octanol–water partition coefficient (Wildman–Crippen LogP) is 3.50. The molecule has 0 bridgehead atoms. The van der Waals surface area contributed by atoms with Crippen molar-refractivity contribution in [2.45, 2.75) is 51.5 Å². The Labute approximate surface area is 149 Å². The molecule has 134 valence electrons. The molecule has 1 N–H and O–H groups in total. The van der Waals surface area contributed by atoms with Gasteiger partial charge in [0.05, 0.1) is 18.4 Å². The Morgan fingerprint density at radius 2 is 2.08 bits per heavy atom. The summed E-state index contributed by atoms with van der Waals surface area (Å²) in [5, 5.41) is 7.67. The molecule has 1 aliphatic carbocycles. The summed E-state index contributed by atoms with van der Waals surface area (Å²) in [6.45, 7) is 7.55. The van der Waals surface area contributed by atoms with Gasteiger partial charge in [0.1, 0.15) is 5.75 Å². The van der Waals surface area contributed by atoms with E-state index in [0.29, 0.717) is 12.1 Å². The molecule has 1 amide bonds. The molecule has 2 aromatic rings. The van der Waals surface area contributed by atoms with Gasteiger partial charge in [-0.15, -0.1) is 0 Å². The lowest BCUT2D eigenvalue weighted by Crippen LogP contribution is -2.32. The molecule has 1 fully saturated rings. The molecule has 5 heteroatoms. The van der Waals surface area contributed by atoms with Crippen LogP contribution in [0.15, 0.2) is 30.5 Å². The number of methoxy groups -OCH3 is 1. The smallest absolute Gasteiger partial charge is 0.254 e. The van der Waals surface area contributed by atoms with Crippen LogP contribution in [0.25, 0.3) is 0 Å². The van der Waals surface area contributed by atoms with Crippen molar-refractivity contribution in [3.05, 3.63) is 47.3 Å². The number of aryl methyl sites for hydroxylation is 1. The second kappa shape index (κ2) is 6.90. The molecule has 0 aliphatic heterocycles. The monoisotopic (exact) mass is 341 g/mol. The summed E-state index contributed by atoms with van der Waals surface area (Å²) in [5.41, 5.74) is 2.74. The Morgan fingerprint density at radius 1 is 1.36 bits per heavy atom. The van der Waals surface area contributed by atoms with Crippen LogP contribution in [0, 0.1) is 0 Å². The summed E-state index contributed by atoms with van der Waals surface area (Å²) < 4.78 is 7.34. The van der Waals surface area contributed by atoms with Gasteiger partial charge in [-0.3, -0.25) is 9.48 Å². The number of hydrogen-bond acceptors (Lipinski definition) is 3. The average molecular weight is 341 g/mol. The van der Waals surface area contributed by atoms with Gasteiger partial charge in [-0.05, 0) is 31.7 Å². The van der Waals surface area contributed by atoms with Crippen LogP contribution in [-0.2, 0) is 12.0 Å². The summed E-state index contributed by atoms with van der Waals surface area (Å²) in [6.07, 6.45) is 3.99. The Morgan fingerprint density at radius 3 is 2.68 bits per heavy atom. The first-order valence-corrected chi connectivity index (χ1v) is 9.00. The highest BCUT2D eigenvalue weighted by Gasteiger charge is 2.46. The molecule has 3 rings (SSSR count). The number of nitrogens with one attached hydrogen (secondary N) is 1. The van der Waals surface area contributed by atoms with E-state index in [1.165, 1.54) is 5.56 Å². The fraction of sp³-hybridized carbons (Fsp3) is 0.500. The summed E-state index contributed by atoms with van der Waals surface area (Å²) in [6, 6.07) is 8.10. The number of benzene rings is 1. The molecule has 1 aromatic heterocycles. The van der Waals surface area contributed by atoms with E-state index in [4.69, 9.17) is 4.74 Å². The van der Waals surface area contributed by atoms with Crippen LogP contribution in [0.4, 0.5) is 0 Å². The van der Waals surface area contributed by atoms with Gasteiger partial charge < -0.3 is 10.1 Å². The quantitative estimate of drug-likeness (QED) is 0.838. The van der Waals surface area contributed by atoms with Crippen LogP contribution in [-0.4, -0.2) is 29.3 Å². The van der Waals surface area contributed by atoms with Gasteiger partial charge in [0.25, 0.3) is 5.91 Å². The second-order valence-corrected chi connectivity index (χ2v) is 7.10. The van der Waals surface area contributed by atoms with E-state index < -0.39 is 0 Å². The molecule has 1 aromatic carbocycles. The third kappa shape index (κ3) is 3.41. The lowest BCUT2D eigenvalue weighted by atomic mass is 9.94. The molecule has 0 atom stereocenters. The molecule has 1 saturated carbocycles. The summed E-state index contributed by atoms with van der Waals surface area (Å²) in [4.78, 5) is 12.8. The lowest BCUT2D eigenvalue weighted by Gasteiger charge is -2.19. The van der Waals surface area contributed by atoms with E-state index in [9.17, 15) is 4.79 Å². The van der Waals surface area contributed by atoms with E-state index in [-0.39, 0.29) is 17.2 Å². The highest BCUT2D eigenvalue weighted by Crippen LogP contribution is 2.50. The van der Waals surface area contributed by atoms with E-state index in [2.05, 4.69) is 30.3 Å². The highest BCUT2D eigenvalue weighted by atomic mass is 16.5. The molecule has 0 spiro atoms. The number of nitrogens with zero attached hydrogens (tertiary/aromatic N) is 2. The Kier molecular flexibility index (Phi) is 4.84. The molecule has 5 nitrogen and oxygen atoms in total. The summed E-state index contributed by atoms with van der Waals surface area (Å²) >= 11 is 0. The van der Waals surface area contributed by atoms with Crippen LogP contribution < -0.4 is 10.1 Å². The Bertz CT molecular complexity index is 760. The van der Waals surface area contributed by atoms with Crippen LogP contribution in [0.2, 0.25) is 0 Å². The first kappa shape index (κ1) is 17.5. The fourth-order valence-corrected chi connectivity index (χ4v) is 3.32. The first-order chi connectivity index (χ1) is 12.0. The SMILES string of the molecule is CCn1cc(C(=O)NCC2(c3ccccc3OC)CC2)c(C(C)C)n1. The van der Waals surface area contributed by atoms with Gasteiger partial charge >= 0.3 is 0 Å². The average Bonchev–Trinajstić information content (AvgIpc) is 3.28. The topological polar surface area (TPSA) is 56.2 Å². The van der Waals surface area contributed by atoms with Crippen LogP contribution >= 0.6 is 0 Å². The van der Waals surface area contributed by atoms with Crippen molar-refractivity contribution in [3.8, 4) is 5.75 Å².